The third-order valence-electron chi connectivity index (χ3n) is 14.2. The number of hydrogen-bond acceptors (Lipinski definition) is 4. The number of aliphatic hydroxyl groups is 2. The molecule has 5 rings (SSSR count). The normalized spacial score (nSPS) is 54.0. The largest absolute Gasteiger partial charge is 0.462 e. The highest BCUT2D eigenvalue weighted by atomic mass is 16.5. The molecule has 5 aliphatic rings. The van der Waals surface area contributed by atoms with Crippen molar-refractivity contribution in [1.82, 2.24) is 0 Å². The summed E-state index contributed by atoms with van der Waals surface area (Å²) in [7, 11) is 0. The molecule has 11 atom stereocenters. The number of rotatable bonds is 2. The highest BCUT2D eigenvalue weighted by Crippen LogP contribution is 2.78. The molecular formula is C32H54O4. The Labute approximate surface area is 220 Å². The molecule has 0 radical (unpaired) electrons. The van der Waals surface area contributed by atoms with Crippen LogP contribution in [0.15, 0.2) is 0 Å². The molecule has 5 fully saturated rings. The number of aliphatic hydroxyl groups excluding tert-OH is 1. The molecule has 0 heterocycles. The summed E-state index contributed by atoms with van der Waals surface area (Å²) in [5.41, 5.74) is -0.354. The van der Waals surface area contributed by atoms with Crippen LogP contribution in [0.4, 0.5) is 0 Å². The van der Waals surface area contributed by atoms with Crippen molar-refractivity contribution in [3.63, 3.8) is 0 Å². The summed E-state index contributed by atoms with van der Waals surface area (Å²) in [5.74, 6) is 2.12. The van der Waals surface area contributed by atoms with Gasteiger partial charge in [0.25, 0.3) is 0 Å². The lowest BCUT2D eigenvalue weighted by atomic mass is 9.31. The molecule has 36 heavy (non-hydrogen) atoms. The molecule has 5 aliphatic carbocycles. The van der Waals surface area contributed by atoms with Crippen LogP contribution >= 0.6 is 0 Å². The van der Waals surface area contributed by atoms with E-state index in [0.717, 1.165) is 38.5 Å². The number of carbonyl (C=O) groups excluding carboxylic acids is 1. The Hall–Kier alpha value is -0.610. The Morgan fingerprint density at radius 2 is 1.44 bits per heavy atom. The number of esters is 1. The van der Waals surface area contributed by atoms with Crippen molar-refractivity contribution in [2.45, 2.75) is 138 Å². The van der Waals surface area contributed by atoms with Crippen LogP contribution in [0.25, 0.3) is 0 Å². The van der Waals surface area contributed by atoms with E-state index in [0.29, 0.717) is 23.7 Å². The fourth-order valence-electron chi connectivity index (χ4n) is 12.4. The molecule has 0 aromatic heterocycles. The first-order chi connectivity index (χ1) is 16.4. The molecule has 2 N–H and O–H groups in total. The molecular weight excluding hydrogens is 448 g/mol. The summed E-state index contributed by atoms with van der Waals surface area (Å²) in [4.78, 5) is 11.9. The van der Waals surface area contributed by atoms with Crippen molar-refractivity contribution in [3.8, 4) is 0 Å². The summed E-state index contributed by atoms with van der Waals surface area (Å²) in [6.45, 7) is 20.3. The molecule has 0 spiro atoms. The highest BCUT2D eigenvalue weighted by Gasteiger charge is 2.73. The Morgan fingerprint density at radius 3 is 2.06 bits per heavy atom. The Balaban J connectivity index is 1.51. The first-order valence-corrected chi connectivity index (χ1v) is 15.0. The van der Waals surface area contributed by atoms with Gasteiger partial charge in [-0.05, 0) is 117 Å². The second-order valence-electron chi connectivity index (χ2n) is 16.1. The first-order valence-electron chi connectivity index (χ1n) is 15.0. The van der Waals surface area contributed by atoms with Gasteiger partial charge in [-0.25, -0.2) is 0 Å². The number of carbonyl (C=O) groups is 1. The maximum absolute atomic E-state index is 12.1. The van der Waals surface area contributed by atoms with Gasteiger partial charge in [0.2, 0.25) is 0 Å². The molecule has 206 valence electrons. The van der Waals surface area contributed by atoms with E-state index in [4.69, 9.17) is 4.74 Å². The minimum Gasteiger partial charge on any atom is -0.462 e. The molecule has 0 amide bonds. The second-order valence-corrected chi connectivity index (χ2v) is 16.1. The zero-order chi connectivity index (χ0) is 26.7. The third kappa shape index (κ3) is 3.28. The molecule has 0 aliphatic heterocycles. The van der Waals surface area contributed by atoms with Crippen molar-refractivity contribution in [3.05, 3.63) is 0 Å². The van der Waals surface area contributed by atoms with Gasteiger partial charge < -0.3 is 14.9 Å². The summed E-state index contributed by atoms with van der Waals surface area (Å²) in [6, 6.07) is 0. The Morgan fingerprint density at radius 1 is 0.833 bits per heavy atom. The van der Waals surface area contributed by atoms with Crippen LogP contribution in [0, 0.1) is 56.7 Å². The van der Waals surface area contributed by atoms with Gasteiger partial charge in [0.05, 0.1) is 11.7 Å². The van der Waals surface area contributed by atoms with E-state index in [1.54, 1.807) is 6.92 Å². The third-order valence-corrected chi connectivity index (χ3v) is 14.2. The van der Waals surface area contributed by atoms with E-state index in [9.17, 15) is 15.0 Å². The molecule has 4 unspecified atom stereocenters. The standard InChI is InChI=1S/C32H54O4/c1-19(33)36-26-14-16-30(7)22(27(26,2)3)13-17-31(8)23(30)10-11-24-29(6)15-12-20(28(4,5)35)21(29)18-25(34)32(24,31)9/h20-26,34-35H,10-18H2,1-9H3/t20-,21?,22?,23?,24?,25-,26-,29-,30-,31+,32-/m0/s1. The minimum atomic E-state index is -0.686. The summed E-state index contributed by atoms with van der Waals surface area (Å²) in [5, 5.41) is 23.1. The lowest BCUT2D eigenvalue weighted by Gasteiger charge is -2.74. The highest BCUT2D eigenvalue weighted by molar-refractivity contribution is 5.66. The fraction of sp³-hybridized carbons (Fsp3) is 0.969. The SMILES string of the molecule is CC(=O)O[C@H]1CC[C@@]2(C)C(CC[C@]3(C)C2CCC2[C@@]4(C)CC[C@H](C(C)(C)O)C4C[C@H](O)[C@]23C)C1(C)C. The van der Waals surface area contributed by atoms with E-state index >= 15 is 0 Å². The van der Waals surface area contributed by atoms with Crippen LogP contribution in [-0.2, 0) is 9.53 Å². The predicted octanol–water partition coefficient (Wildman–Crippen LogP) is 6.76. The molecule has 4 heteroatoms. The van der Waals surface area contributed by atoms with Gasteiger partial charge in [-0.15, -0.1) is 0 Å². The topological polar surface area (TPSA) is 66.8 Å². The number of fused-ring (bicyclic) bond motifs is 7. The van der Waals surface area contributed by atoms with E-state index in [-0.39, 0.29) is 51.2 Å². The van der Waals surface area contributed by atoms with Crippen molar-refractivity contribution in [2.75, 3.05) is 0 Å². The van der Waals surface area contributed by atoms with Crippen molar-refractivity contribution < 1.29 is 19.7 Å². The van der Waals surface area contributed by atoms with Gasteiger partial charge in [-0.2, -0.15) is 0 Å². The minimum absolute atomic E-state index is 0.00144. The molecule has 0 aromatic carbocycles. The van der Waals surface area contributed by atoms with Crippen LogP contribution in [0.1, 0.15) is 120 Å². The molecule has 5 saturated carbocycles. The summed E-state index contributed by atoms with van der Waals surface area (Å²) >= 11 is 0. The molecule has 4 nitrogen and oxygen atoms in total. The zero-order valence-corrected chi connectivity index (χ0v) is 24.6. The van der Waals surface area contributed by atoms with E-state index in [1.165, 1.54) is 19.3 Å². The average molecular weight is 503 g/mol. The van der Waals surface area contributed by atoms with Crippen molar-refractivity contribution >= 4 is 5.97 Å². The van der Waals surface area contributed by atoms with Gasteiger partial charge >= 0.3 is 5.97 Å². The van der Waals surface area contributed by atoms with Crippen LogP contribution in [0.5, 0.6) is 0 Å². The van der Waals surface area contributed by atoms with Crippen molar-refractivity contribution in [1.29, 1.82) is 0 Å². The van der Waals surface area contributed by atoms with Gasteiger partial charge in [0, 0.05) is 17.8 Å². The monoisotopic (exact) mass is 502 g/mol. The van der Waals surface area contributed by atoms with E-state index in [2.05, 4.69) is 41.5 Å². The van der Waals surface area contributed by atoms with E-state index < -0.39 is 5.60 Å². The van der Waals surface area contributed by atoms with Crippen LogP contribution in [-0.4, -0.2) is 34.0 Å². The first kappa shape index (κ1) is 27.0. The maximum Gasteiger partial charge on any atom is 0.302 e. The molecule has 0 aromatic rings. The molecule has 0 saturated heterocycles. The lowest BCUT2D eigenvalue weighted by Crippen LogP contribution is -2.70. The quantitative estimate of drug-likeness (QED) is 0.409. The molecule has 0 bridgehead atoms. The second kappa shape index (κ2) is 7.96. The maximum atomic E-state index is 12.1. The van der Waals surface area contributed by atoms with Gasteiger partial charge in [-0.3, -0.25) is 4.79 Å². The Bertz CT molecular complexity index is 904. The van der Waals surface area contributed by atoms with Gasteiger partial charge in [-0.1, -0.05) is 41.5 Å². The fourth-order valence-corrected chi connectivity index (χ4v) is 12.4. The summed E-state index contributed by atoms with van der Waals surface area (Å²) < 4.78 is 5.88. The average Bonchev–Trinajstić information content (AvgIpc) is 3.08. The van der Waals surface area contributed by atoms with E-state index in [1.807, 2.05) is 13.8 Å². The number of ether oxygens (including phenoxy) is 1. The van der Waals surface area contributed by atoms with Crippen LogP contribution < -0.4 is 0 Å². The van der Waals surface area contributed by atoms with Crippen LogP contribution in [0.2, 0.25) is 0 Å². The smallest absolute Gasteiger partial charge is 0.302 e. The van der Waals surface area contributed by atoms with Crippen molar-refractivity contribution in [2.24, 2.45) is 56.7 Å². The van der Waals surface area contributed by atoms with Crippen LogP contribution in [0.3, 0.4) is 0 Å². The van der Waals surface area contributed by atoms with Gasteiger partial charge in [0.15, 0.2) is 0 Å². The summed E-state index contributed by atoms with van der Waals surface area (Å²) in [6.07, 6.45) is 9.55. The zero-order valence-electron chi connectivity index (χ0n) is 24.6. The lowest BCUT2D eigenvalue weighted by molar-refractivity contribution is -0.282. The van der Waals surface area contributed by atoms with Gasteiger partial charge in [0.1, 0.15) is 6.10 Å². The number of hydrogen-bond donors (Lipinski definition) is 2. The Kier molecular flexibility index (Phi) is 5.97. The predicted molar refractivity (Wildman–Crippen MR) is 143 cm³/mol.